The van der Waals surface area contributed by atoms with E-state index >= 15 is 0 Å². The SMILES string of the molecule is O=C1CC(NC(=O)c2ccccc2Oc2ccccc2)CN1. The molecule has 22 heavy (non-hydrogen) atoms. The Hall–Kier alpha value is -2.82. The topological polar surface area (TPSA) is 67.4 Å². The van der Waals surface area contributed by atoms with Crippen molar-refractivity contribution in [1.29, 1.82) is 0 Å². The van der Waals surface area contributed by atoms with Gasteiger partial charge in [0, 0.05) is 13.0 Å². The molecule has 1 fully saturated rings. The maximum atomic E-state index is 12.4. The summed E-state index contributed by atoms with van der Waals surface area (Å²) in [4.78, 5) is 23.6. The van der Waals surface area contributed by atoms with Crippen molar-refractivity contribution < 1.29 is 14.3 Å². The van der Waals surface area contributed by atoms with Gasteiger partial charge in [-0.05, 0) is 24.3 Å². The van der Waals surface area contributed by atoms with Gasteiger partial charge in [0.1, 0.15) is 11.5 Å². The monoisotopic (exact) mass is 296 g/mol. The average molecular weight is 296 g/mol. The molecule has 5 heteroatoms. The minimum absolute atomic E-state index is 0.0425. The number of para-hydroxylation sites is 2. The number of benzene rings is 2. The van der Waals surface area contributed by atoms with E-state index in [0.29, 0.717) is 30.0 Å². The van der Waals surface area contributed by atoms with E-state index in [1.807, 2.05) is 36.4 Å². The van der Waals surface area contributed by atoms with Gasteiger partial charge in [0.2, 0.25) is 5.91 Å². The van der Waals surface area contributed by atoms with Gasteiger partial charge in [0.25, 0.3) is 5.91 Å². The second kappa shape index (κ2) is 6.30. The van der Waals surface area contributed by atoms with Gasteiger partial charge in [-0.15, -0.1) is 0 Å². The first-order valence-corrected chi connectivity index (χ1v) is 7.12. The van der Waals surface area contributed by atoms with Gasteiger partial charge in [0.05, 0.1) is 11.6 Å². The lowest BCUT2D eigenvalue weighted by Crippen LogP contribution is -2.36. The first kappa shape index (κ1) is 14.1. The smallest absolute Gasteiger partial charge is 0.255 e. The summed E-state index contributed by atoms with van der Waals surface area (Å²) in [5.74, 6) is 0.871. The van der Waals surface area contributed by atoms with Gasteiger partial charge in [0.15, 0.2) is 0 Å². The quantitative estimate of drug-likeness (QED) is 0.908. The predicted molar refractivity (Wildman–Crippen MR) is 81.8 cm³/mol. The molecule has 3 rings (SSSR count). The molecule has 5 nitrogen and oxygen atoms in total. The third-order valence-electron chi connectivity index (χ3n) is 3.42. The van der Waals surface area contributed by atoms with Crippen LogP contribution in [0.15, 0.2) is 54.6 Å². The number of ether oxygens (including phenoxy) is 1. The minimum atomic E-state index is -0.243. The molecule has 2 amide bonds. The molecular formula is C17H16N2O3. The van der Waals surface area contributed by atoms with Crippen molar-refractivity contribution in [1.82, 2.24) is 10.6 Å². The third kappa shape index (κ3) is 3.25. The normalized spacial score (nSPS) is 16.9. The van der Waals surface area contributed by atoms with Gasteiger partial charge in [-0.25, -0.2) is 0 Å². The number of hydrogen-bond donors (Lipinski definition) is 2. The number of hydrogen-bond acceptors (Lipinski definition) is 3. The second-order valence-electron chi connectivity index (χ2n) is 5.09. The maximum Gasteiger partial charge on any atom is 0.255 e. The minimum Gasteiger partial charge on any atom is -0.457 e. The van der Waals surface area contributed by atoms with Gasteiger partial charge >= 0.3 is 0 Å². The fourth-order valence-electron chi connectivity index (χ4n) is 2.33. The molecule has 1 aliphatic heterocycles. The highest BCUT2D eigenvalue weighted by atomic mass is 16.5. The summed E-state index contributed by atoms with van der Waals surface area (Å²) in [6.07, 6.45) is 0.313. The van der Waals surface area contributed by atoms with E-state index in [9.17, 15) is 9.59 Å². The zero-order valence-electron chi connectivity index (χ0n) is 11.9. The standard InChI is InChI=1S/C17H16N2O3/c20-16-10-12(11-18-16)19-17(21)14-8-4-5-9-15(14)22-13-6-2-1-3-7-13/h1-9,12H,10-11H2,(H,18,20)(H,19,21). The van der Waals surface area contributed by atoms with E-state index in [4.69, 9.17) is 4.74 Å². The fourth-order valence-corrected chi connectivity index (χ4v) is 2.33. The van der Waals surface area contributed by atoms with Gasteiger partial charge in [-0.3, -0.25) is 9.59 Å². The molecule has 1 aliphatic rings. The highest BCUT2D eigenvalue weighted by Crippen LogP contribution is 2.25. The Morgan fingerprint density at radius 1 is 1.09 bits per heavy atom. The van der Waals surface area contributed by atoms with Crippen molar-refractivity contribution in [2.24, 2.45) is 0 Å². The van der Waals surface area contributed by atoms with Crippen LogP contribution in [0.3, 0.4) is 0 Å². The summed E-state index contributed by atoms with van der Waals surface area (Å²) in [6.45, 7) is 0.465. The molecule has 1 saturated heterocycles. The summed E-state index contributed by atoms with van der Waals surface area (Å²) >= 11 is 0. The molecule has 1 unspecified atom stereocenters. The largest absolute Gasteiger partial charge is 0.457 e. The number of rotatable bonds is 4. The molecule has 112 valence electrons. The summed E-state index contributed by atoms with van der Waals surface area (Å²) in [5, 5.41) is 5.55. The van der Waals surface area contributed by atoms with E-state index in [0.717, 1.165) is 0 Å². The Bertz CT molecular complexity index is 685. The maximum absolute atomic E-state index is 12.4. The van der Waals surface area contributed by atoms with Gasteiger partial charge in [-0.1, -0.05) is 30.3 Å². The Balaban J connectivity index is 1.75. The van der Waals surface area contributed by atoms with Crippen molar-refractivity contribution in [2.45, 2.75) is 12.5 Å². The first-order valence-electron chi connectivity index (χ1n) is 7.12. The van der Waals surface area contributed by atoms with E-state index in [2.05, 4.69) is 10.6 Å². The number of amides is 2. The molecule has 0 aliphatic carbocycles. The Morgan fingerprint density at radius 2 is 1.82 bits per heavy atom. The number of carbonyl (C=O) groups excluding carboxylic acids is 2. The molecule has 2 N–H and O–H groups in total. The highest BCUT2D eigenvalue weighted by molar-refractivity contribution is 5.97. The Labute approximate surface area is 128 Å². The molecule has 2 aromatic carbocycles. The van der Waals surface area contributed by atoms with Crippen molar-refractivity contribution >= 4 is 11.8 Å². The summed E-state index contributed by atoms with van der Waals surface area (Å²) in [5.41, 5.74) is 0.450. The number of nitrogens with one attached hydrogen (secondary N) is 2. The van der Waals surface area contributed by atoms with Gasteiger partial charge < -0.3 is 15.4 Å². The van der Waals surface area contributed by atoms with Gasteiger partial charge in [-0.2, -0.15) is 0 Å². The summed E-state index contributed by atoms with van der Waals surface area (Å²) < 4.78 is 5.77. The molecule has 0 radical (unpaired) electrons. The lowest BCUT2D eigenvalue weighted by Gasteiger charge is -2.14. The summed E-state index contributed by atoms with van der Waals surface area (Å²) in [6, 6.07) is 16.2. The molecule has 2 aromatic rings. The zero-order chi connectivity index (χ0) is 15.4. The second-order valence-corrected chi connectivity index (χ2v) is 5.09. The fraction of sp³-hybridized carbons (Fsp3) is 0.176. The van der Waals surface area contributed by atoms with Crippen LogP contribution in [0.5, 0.6) is 11.5 Å². The van der Waals surface area contributed by atoms with E-state index < -0.39 is 0 Å². The zero-order valence-corrected chi connectivity index (χ0v) is 11.9. The molecule has 0 spiro atoms. The predicted octanol–water partition coefficient (Wildman–Crippen LogP) is 2.10. The molecule has 0 aromatic heterocycles. The Morgan fingerprint density at radius 3 is 2.55 bits per heavy atom. The van der Waals surface area contributed by atoms with Crippen LogP contribution in [0.2, 0.25) is 0 Å². The molecule has 1 atom stereocenters. The van der Waals surface area contributed by atoms with Crippen LogP contribution in [0.4, 0.5) is 0 Å². The highest BCUT2D eigenvalue weighted by Gasteiger charge is 2.24. The summed E-state index contributed by atoms with van der Waals surface area (Å²) in [7, 11) is 0. The Kier molecular flexibility index (Phi) is 4.05. The molecule has 1 heterocycles. The van der Waals surface area contributed by atoms with Crippen molar-refractivity contribution in [3.8, 4) is 11.5 Å². The van der Waals surface area contributed by atoms with E-state index in [1.165, 1.54) is 0 Å². The van der Waals surface area contributed by atoms with Crippen molar-refractivity contribution in [2.75, 3.05) is 6.54 Å². The molecule has 0 bridgehead atoms. The van der Waals surface area contributed by atoms with E-state index in [-0.39, 0.29) is 17.9 Å². The first-order chi connectivity index (χ1) is 10.7. The van der Waals surface area contributed by atoms with Crippen molar-refractivity contribution in [3.63, 3.8) is 0 Å². The average Bonchev–Trinajstić information content (AvgIpc) is 2.94. The lowest BCUT2D eigenvalue weighted by atomic mass is 10.1. The van der Waals surface area contributed by atoms with E-state index in [1.54, 1.807) is 18.2 Å². The van der Waals surface area contributed by atoms with Crippen LogP contribution < -0.4 is 15.4 Å². The van der Waals surface area contributed by atoms with Crippen LogP contribution in [0.1, 0.15) is 16.8 Å². The number of carbonyl (C=O) groups is 2. The molecular weight excluding hydrogens is 280 g/mol. The van der Waals surface area contributed by atoms with Crippen LogP contribution in [-0.4, -0.2) is 24.4 Å². The van der Waals surface area contributed by atoms with Crippen molar-refractivity contribution in [3.05, 3.63) is 60.2 Å². The van der Waals surface area contributed by atoms with Crippen LogP contribution >= 0.6 is 0 Å². The molecule has 0 saturated carbocycles. The van der Waals surface area contributed by atoms with Crippen LogP contribution in [-0.2, 0) is 4.79 Å². The third-order valence-corrected chi connectivity index (χ3v) is 3.42. The van der Waals surface area contributed by atoms with Crippen LogP contribution in [0, 0.1) is 0 Å². The van der Waals surface area contributed by atoms with Crippen LogP contribution in [0.25, 0.3) is 0 Å². The lowest BCUT2D eigenvalue weighted by molar-refractivity contribution is -0.119.